The highest BCUT2D eigenvalue weighted by Crippen LogP contribution is 2.29. The number of amides is 1. The van der Waals surface area contributed by atoms with Crippen molar-refractivity contribution in [1.29, 1.82) is 0 Å². The van der Waals surface area contributed by atoms with Gasteiger partial charge in [0.15, 0.2) is 5.13 Å². The highest BCUT2D eigenvalue weighted by Gasteiger charge is 2.20. The molecule has 0 aliphatic carbocycles. The lowest BCUT2D eigenvalue weighted by atomic mass is 10.1. The number of nitrogens with zero attached hydrogens (tertiary/aromatic N) is 4. The first kappa shape index (κ1) is 20.6. The van der Waals surface area contributed by atoms with Gasteiger partial charge < -0.3 is 0 Å². The number of para-hydroxylation sites is 1. The Kier molecular flexibility index (Phi) is 6.20. The van der Waals surface area contributed by atoms with E-state index in [2.05, 4.69) is 23.3 Å². The van der Waals surface area contributed by atoms with Crippen LogP contribution in [0.2, 0.25) is 0 Å². The Morgan fingerprint density at radius 3 is 2.57 bits per heavy atom. The first-order chi connectivity index (χ1) is 14.5. The second-order valence-corrected chi connectivity index (χ2v) is 9.07. The van der Waals surface area contributed by atoms with Gasteiger partial charge in [-0.2, -0.15) is 5.10 Å². The number of aromatic nitrogens is 3. The zero-order chi connectivity index (χ0) is 21.1. The molecule has 0 spiro atoms. The van der Waals surface area contributed by atoms with Crippen LogP contribution in [-0.2, 0) is 17.8 Å². The largest absolute Gasteiger partial charge is 0.286 e. The van der Waals surface area contributed by atoms with E-state index in [-0.39, 0.29) is 5.91 Å². The molecule has 4 aromatic rings. The van der Waals surface area contributed by atoms with Gasteiger partial charge in [-0.15, -0.1) is 11.8 Å². The Hall–Kier alpha value is -2.64. The van der Waals surface area contributed by atoms with Crippen LogP contribution in [0.1, 0.15) is 17.0 Å². The summed E-state index contributed by atoms with van der Waals surface area (Å²) in [5.41, 5.74) is 4.01. The summed E-state index contributed by atoms with van der Waals surface area (Å²) >= 11 is 3.25. The average molecular weight is 437 g/mol. The molecule has 154 valence electrons. The molecule has 0 aliphatic heterocycles. The summed E-state index contributed by atoms with van der Waals surface area (Å²) < 4.78 is 3.04. The van der Waals surface area contributed by atoms with Crippen molar-refractivity contribution in [3.8, 4) is 0 Å². The number of thioether (sulfide) groups is 1. The lowest BCUT2D eigenvalue weighted by Gasteiger charge is -2.20. The van der Waals surface area contributed by atoms with Crippen molar-refractivity contribution >= 4 is 44.4 Å². The highest BCUT2D eigenvalue weighted by atomic mass is 32.2. The van der Waals surface area contributed by atoms with E-state index >= 15 is 0 Å². The molecule has 0 fully saturated rings. The fourth-order valence-corrected chi connectivity index (χ4v) is 4.83. The number of rotatable bonds is 7. The summed E-state index contributed by atoms with van der Waals surface area (Å²) in [5, 5.41) is 5.28. The van der Waals surface area contributed by atoms with Crippen molar-refractivity contribution in [3.63, 3.8) is 0 Å². The van der Waals surface area contributed by atoms with Crippen molar-refractivity contribution in [1.82, 2.24) is 14.8 Å². The molecule has 0 N–H and O–H groups in total. The Bertz CT molecular complexity index is 1130. The monoisotopic (exact) mass is 436 g/mol. The molecule has 1 amide bonds. The number of benzene rings is 2. The van der Waals surface area contributed by atoms with Gasteiger partial charge in [0, 0.05) is 17.1 Å². The third kappa shape index (κ3) is 4.57. The molecule has 0 radical (unpaired) electrons. The second kappa shape index (κ2) is 9.02. The Morgan fingerprint density at radius 1 is 1.13 bits per heavy atom. The standard InChI is InChI=1S/C23H24N4OS2/c1-16-14-17(2)27(25-16)13-12-26(23-24-20-6-4-5-7-21(20)30-23)22(28)15-18-8-10-19(29-3)11-9-18/h4-11,14H,12-13,15H2,1-3H3. The maximum absolute atomic E-state index is 13.3. The zero-order valence-electron chi connectivity index (χ0n) is 17.3. The molecule has 0 atom stereocenters. The minimum absolute atomic E-state index is 0.0486. The van der Waals surface area contributed by atoms with Gasteiger partial charge >= 0.3 is 0 Å². The molecule has 4 rings (SSSR count). The van der Waals surface area contributed by atoms with Crippen LogP contribution in [-0.4, -0.2) is 33.5 Å². The molecule has 0 saturated heterocycles. The lowest BCUT2D eigenvalue weighted by Crippen LogP contribution is -2.35. The Labute approximate surface area is 184 Å². The Morgan fingerprint density at radius 2 is 1.90 bits per heavy atom. The van der Waals surface area contributed by atoms with Crippen molar-refractivity contribution in [2.75, 3.05) is 17.7 Å². The third-order valence-electron chi connectivity index (χ3n) is 4.97. The van der Waals surface area contributed by atoms with Crippen molar-refractivity contribution in [2.45, 2.75) is 31.7 Å². The summed E-state index contributed by atoms with van der Waals surface area (Å²) in [4.78, 5) is 21.0. The molecule has 7 heteroatoms. The molecule has 5 nitrogen and oxygen atoms in total. The summed E-state index contributed by atoms with van der Waals surface area (Å²) in [6, 6.07) is 18.2. The predicted octanol–water partition coefficient (Wildman–Crippen LogP) is 5.11. The minimum Gasteiger partial charge on any atom is -0.286 e. The summed E-state index contributed by atoms with van der Waals surface area (Å²) in [7, 11) is 0. The molecule has 0 saturated carbocycles. The lowest BCUT2D eigenvalue weighted by molar-refractivity contribution is -0.118. The summed E-state index contributed by atoms with van der Waals surface area (Å²) in [6.07, 6.45) is 2.40. The van der Waals surface area contributed by atoms with Crippen LogP contribution in [0.4, 0.5) is 5.13 Å². The fraction of sp³-hybridized carbons (Fsp3) is 0.261. The van der Waals surface area contributed by atoms with Crippen molar-refractivity contribution < 1.29 is 4.79 Å². The number of carbonyl (C=O) groups excluding carboxylic acids is 1. The van der Waals surface area contributed by atoms with E-state index in [1.807, 2.05) is 66.1 Å². The van der Waals surface area contributed by atoms with Gasteiger partial charge in [0.1, 0.15) is 0 Å². The molecular formula is C23H24N4OS2. The van der Waals surface area contributed by atoms with Gasteiger partial charge in [0.2, 0.25) is 5.91 Å². The second-order valence-electron chi connectivity index (χ2n) is 7.18. The van der Waals surface area contributed by atoms with Crippen LogP contribution in [0.3, 0.4) is 0 Å². The van der Waals surface area contributed by atoms with Gasteiger partial charge in [-0.25, -0.2) is 4.98 Å². The first-order valence-electron chi connectivity index (χ1n) is 9.83. The quantitative estimate of drug-likeness (QED) is 0.378. The van der Waals surface area contributed by atoms with Gasteiger partial charge in [0.25, 0.3) is 0 Å². The maximum Gasteiger partial charge on any atom is 0.233 e. The van der Waals surface area contributed by atoms with Crippen LogP contribution in [0, 0.1) is 13.8 Å². The van der Waals surface area contributed by atoms with Crippen molar-refractivity contribution in [2.24, 2.45) is 0 Å². The molecule has 0 aliphatic rings. The number of anilines is 1. The number of aryl methyl sites for hydroxylation is 2. The van der Waals surface area contributed by atoms with E-state index in [0.29, 0.717) is 19.5 Å². The average Bonchev–Trinajstić information content (AvgIpc) is 3.31. The van der Waals surface area contributed by atoms with Crippen LogP contribution < -0.4 is 4.90 Å². The highest BCUT2D eigenvalue weighted by molar-refractivity contribution is 7.98. The molecule has 2 aromatic carbocycles. The van der Waals surface area contributed by atoms with E-state index in [0.717, 1.165) is 32.3 Å². The minimum atomic E-state index is 0.0486. The smallest absolute Gasteiger partial charge is 0.233 e. The molecular weight excluding hydrogens is 412 g/mol. The van der Waals surface area contributed by atoms with Crippen molar-refractivity contribution in [3.05, 3.63) is 71.5 Å². The number of hydrogen-bond acceptors (Lipinski definition) is 5. The number of carbonyl (C=O) groups is 1. The fourth-order valence-electron chi connectivity index (χ4n) is 3.41. The van der Waals surface area contributed by atoms with E-state index in [1.54, 1.807) is 23.1 Å². The maximum atomic E-state index is 13.3. The molecule has 0 bridgehead atoms. The topological polar surface area (TPSA) is 51.0 Å². The molecule has 2 heterocycles. The van der Waals surface area contributed by atoms with Gasteiger partial charge in [-0.3, -0.25) is 14.4 Å². The normalized spacial score (nSPS) is 11.2. The molecule has 0 unspecified atom stereocenters. The summed E-state index contributed by atoms with van der Waals surface area (Å²) in [6.45, 7) is 5.19. The zero-order valence-corrected chi connectivity index (χ0v) is 19.0. The van der Waals surface area contributed by atoms with Gasteiger partial charge in [-0.05, 0) is 56.0 Å². The third-order valence-corrected chi connectivity index (χ3v) is 6.77. The number of hydrogen-bond donors (Lipinski definition) is 0. The SMILES string of the molecule is CSc1ccc(CC(=O)N(CCn2nc(C)cc2C)c2nc3ccccc3s2)cc1. The first-order valence-corrected chi connectivity index (χ1v) is 11.9. The van der Waals surface area contributed by atoms with Crippen LogP contribution in [0.15, 0.2) is 59.5 Å². The van der Waals surface area contributed by atoms with Crippen LogP contribution in [0.25, 0.3) is 10.2 Å². The number of thiazole rings is 1. The molecule has 2 aromatic heterocycles. The molecule has 30 heavy (non-hydrogen) atoms. The van der Waals surface area contributed by atoms with Gasteiger partial charge in [0.05, 0.1) is 28.9 Å². The van der Waals surface area contributed by atoms with Gasteiger partial charge in [-0.1, -0.05) is 35.6 Å². The van der Waals surface area contributed by atoms with Crippen LogP contribution in [0.5, 0.6) is 0 Å². The van der Waals surface area contributed by atoms with E-state index in [1.165, 1.54) is 4.90 Å². The van der Waals surface area contributed by atoms with Crippen LogP contribution >= 0.6 is 23.1 Å². The van der Waals surface area contributed by atoms with E-state index in [9.17, 15) is 4.79 Å². The Balaban J connectivity index is 1.59. The number of fused-ring (bicyclic) bond motifs is 1. The summed E-state index contributed by atoms with van der Waals surface area (Å²) in [5.74, 6) is 0.0486. The van der Waals surface area contributed by atoms with E-state index in [4.69, 9.17) is 4.98 Å². The van der Waals surface area contributed by atoms with E-state index < -0.39 is 0 Å². The predicted molar refractivity (Wildman–Crippen MR) is 126 cm³/mol.